The molecule has 0 saturated carbocycles. The first kappa shape index (κ1) is 22.1. The Hall–Kier alpha value is -2.14. The Morgan fingerprint density at radius 3 is 2.06 bits per heavy atom. The summed E-state index contributed by atoms with van der Waals surface area (Å²) < 4.78 is 75.9. The number of halogens is 3. The van der Waals surface area contributed by atoms with E-state index in [1.165, 1.54) is 28.6 Å². The third-order valence-electron chi connectivity index (χ3n) is 5.60. The normalized spacial score (nSPS) is 20.3. The second-order valence-corrected chi connectivity index (χ2v) is 9.73. The smallest absolute Gasteiger partial charge is 0.416 e. The number of alkyl halides is 3. The van der Waals surface area contributed by atoms with E-state index in [0.29, 0.717) is 24.2 Å². The van der Waals surface area contributed by atoms with Gasteiger partial charge in [0, 0.05) is 13.1 Å². The minimum atomic E-state index is -4.40. The standard InChI is InChI=1S/C21H22F3NO5S/c22-21(23,24)16-1-5-17(6-2-16)30-18-9-11-25(12-10-18)31(27,28)19-7-3-15(4-8-19)20(26)13-29-14-20/h1-8,18,26H,9-14H2. The van der Waals surface area contributed by atoms with Crippen LogP contribution in [0.25, 0.3) is 0 Å². The Kier molecular flexibility index (Phi) is 5.76. The lowest BCUT2D eigenvalue weighted by Gasteiger charge is -2.36. The topological polar surface area (TPSA) is 76.1 Å². The third-order valence-corrected chi connectivity index (χ3v) is 7.51. The largest absolute Gasteiger partial charge is 0.490 e. The number of ether oxygens (including phenoxy) is 2. The lowest BCUT2D eigenvalue weighted by molar-refractivity contribution is -0.184. The summed E-state index contributed by atoms with van der Waals surface area (Å²) >= 11 is 0. The average Bonchev–Trinajstić information content (AvgIpc) is 2.72. The van der Waals surface area contributed by atoms with Gasteiger partial charge >= 0.3 is 6.18 Å². The maximum atomic E-state index is 12.9. The van der Waals surface area contributed by atoms with E-state index in [4.69, 9.17) is 9.47 Å². The van der Waals surface area contributed by atoms with Crippen LogP contribution in [0.15, 0.2) is 53.4 Å². The molecule has 2 aliphatic heterocycles. The Morgan fingerprint density at radius 1 is 1.00 bits per heavy atom. The summed E-state index contributed by atoms with van der Waals surface area (Å²) in [6.45, 7) is 0.859. The van der Waals surface area contributed by atoms with Crippen LogP contribution in [0, 0.1) is 0 Å². The molecule has 2 aliphatic rings. The molecule has 2 heterocycles. The number of hydrogen-bond donors (Lipinski definition) is 1. The summed E-state index contributed by atoms with van der Waals surface area (Å²) in [7, 11) is -3.69. The van der Waals surface area contributed by atoms with E-state index in [1.807, 2.05) is 0 Å². The maximum Gasteiger partial charge on any atom is 0.416 e. The first-order chi connectivity index (χ1) is 14.6. The summed E-state index contributed by atoms with van der Waals surface area (Å²) in [5.41, 5.74) is -1.19. The number of hydrogen-bond acceptors (Lipinski definition) is 5. The van der Waals surface area contributed by atoms with Gasteiger partial charge in [-0.15, -0.1) is 0 Å². The maximum absolute atomic E-state index is 12.9. The van der Waals surface area contributed by atoms with Gasteiger partial charge in [-0.3, -0.25) is 0 Å². The van der Waals surface area contributed by atoms with Crippen LogP contribution in [0.5, 0.6) is 5.75 Å². The zero-order valence-electron chi connectivity index (χ0n) is 16.5. The molecule has 2 saturated heterocycles. The molecule has 4 rings (SSSR count). The minimum Gasteiger partial charge on any atom is -0.490 e. The first-order valence-electron chi connectivity index (χ1n) is 9.83. The molecule has 0 atom stereocenters. The van der Waals surface area contributed by atoms with E-state index in [2.05, 4.69) is 0 Å². The van der Waals surface area contributed by atoms with Gasteiger partial charge in [0.25, 0.3) is 0 Å². The quantitative estimate of drug-likeness (QED) is 0.747. The second kappa shape index (κ2) is 8.09. The van der Waals surface area contributed by atoms with Gasteiger partial charge in [-0.1, -0.05) is 12.1 Å². The predicted octanol–water partition coefficient (Wildman–Crippen LogP) is 3.16. The van der Waals surface area contributed by atoms with Crippen LogP contribution < -0.4 is 4.74 Å². The van der Waals surface area contributed by atoms with E-state index in [0.717, 1.165) is 12.1 Å². The molecule has 2 fully saturated rings. The number of aliphatic hydroxyl groups is 1. The zero-order chi connectivity index (χ0) is 22.3. The second-order valence-electron chi connectivity index (χ2n) is 7.79. The third kappa shape index (κ3) is 4.57. The highest BCUT2D eigenvalue weighted by molar-refractivity contribution is 7.89. The van der Waals surface area contributed by atoms with Gasteiger partial charge < -0.3 is 14.6 Å². The van der Waals surface area contributed by atoms with Crippen molar-refractivity contribution in [3.63, 3.8) is 0 Å². The van der Waals surface area contributed by atoms with Crippen molar-refractivity contribution in [1.29, 1.82) is 0 Å². The van der Waals surface area contributed by atoms with Crippen LogP contribution in [-0.4, -0.2) is 50.2 Å². The lowest BCUT2D eigenvalue weighted by atomic mass is 9.92. The predicted molar refractivity (Wildman–Crippen MR) is 105 cm³/mol. The fourth-order valence-corrected chi connectivity index (χ4v) is 5.12. The molecule has 168 valence electrons. The average molecular weight is 457 g/mol. The van der Waals surface area contributed by atoms with E-state index in [9.17, 15) is 26.7 Å². The van der Waals surface area contributed by atoms with Crippen molar-refractivity contribution >= 4 is 10.0 Å². The SMILES string of the molecule is O=S(=O)(c1ccc(C2(O)COC2)cc1)N1CCC(Oc2ccc(C(F)(F)F)cc2)CC1. The van der Waals surface area contributed by atoms with Crippen molar-refractivity contribution in [1.82, 2.24) is 4.31 Å². The van der Waals surface area contributed by atoms with Crippen LogP contribution in [0.4, 0.5) is 13.2 Å². The molecule has 1 N–H and O–H groups in total. The first-order valence-corrected chi connectivity index (χ1v) is 11.3. The summed E-state index contributed by atoms with van der Waals surface area (Å²) in [6, 6.07) is 10.6. The van der Waals surface area contributed by atoms with Crippen LogP contribution >= 0.6 is 0 Å². The van der Waals surface area contributed by atoms with Crippen LogP contribution in [0.2, 0.25) is 0 Å². The van der Waals surface area contributed by atoms with E-state index >= 15 is 0 Å². The van der Waals surface area contributed by atoms with E-state index < -0.39 is 27.4 Å². The molecule has 6 nitrogen and oxygen atoms in total. The Balaban J connectivity index is 1.35. The fraction of sp³-hybridized carbons (Fsp3) is 0.429. The molecule has 0 spiro atoms. The van der Waals surface area contributed by atoms with Gasteiger partial charge in [-0.05, 0) is 54.8 Å². The summed E-state index contributed by atoms with van der Waals surface area (Å²) in [6.07, 6.45) is -3.83. The highest BCUT2D eigenvalue weighted by Crippen LogP contribution is 2.32. The van der Waals surface area contributed by atoms with Crippen molar-refractivity contribution in [3.05, 3.63) is 59.7 Å². The van der Waals surface area contributed by atoms with Crippen LogP contribution in [0.3, 0.4) is 0 Å². The molecule has 0 amide bonds. The fourth-order valence-electron chi connectivity index (χ4n) is 3.65. The molecular formula is C21H22F3NO5S. The number of rotatable bonds is 5. The Labute approximate surface area is 178 Å². The van der Waals surface area contributed by atoms with Gasteiger partial charge in [-0.2, -0.15) is 17.5 Å². The lowest BCUT2D eigenvalue weighted by Crippen LogP contribution is -2.46. The van der Waals surface area contributed by atoms with Gasteiger partial charge in [0.1, 0.15) is 17.5 Å². The van der Waals surface area contributed by atoms with Crippen LogP contribution in [-0.2, 0) is 26.5 Å². The summed E-state index contributed by atoms with van der Waals surface area (Å²) in [5, 5.41) is 10.3. The number of sulfonamides is 1. The monoisotopic (exact) mass is 457 g/mol. The molecule has 0 radical (unpaired) electrons. The summed E-state index contributed by atoms with van der Waals surface area (Å²) in [5.74, 6) is 0.322. The van der Waals surface area contributed by atoms with Crippen molar-refractivity contribution in [2.75, 3.05) is 26.3 Å². The molecular weight excluding hydrogens is 435 g/mol. The molecule has 0 unspecified atom stereocenters. The van der Waals surface area contributed by atoms with E-state index in [-0.39, 0.29) is 37.3 Å². The number of piperidine rings is 1. The van der Waals surface area contributed by atoms with Crippen molar-refractivity contribution < 1.29 is 36.2 Å². The van der Waals surface area contributed by atoms with Gasteiger partial charge in [0.2, 0.25) is 10.0 Å². The molecule has 0 aromatic heterocycles. The van der Waals surface area contributed by atoms with Gasteiger partial charge in [0.05, 0.1) is 23.7 Å². The van der Waals surface area contributed by atoms with Gasteiger partial charge in [-0.25, -0.2) is 8.42 Å². The Morgan fingerprint density at radius 2 is 1.58 bits per heavy atom. The van der Waals surface area contributed by atoms with Crippen LogP contribution in [0.1, 0.15) is 24.0 Å². The Bertz CT molecular complexity index is 1010. The molecule has 0 bridgehead atoms. The molecule has 10 heteroatoms. The summed E-state index contributed by atoms with van der Waals surface area (Å²) in [4.78, 5) is 0.141. The van der Waals surface area contributed by atoms with Crippen molar-refractivity contribution in [3.8, 4) is 5.75 Å². The highest BCUT2D eigenvalue weighted by Gasteiger charge is 2.38. The molecule has 2 aromatic carbocycles. The highest BCUT2D eigenvalue weighted by atomic mass is 32.2. The minimum absolute atomic E-state index is 0.141. The van der Waals surface area contributed by atoms with E-state index in [1.54, 1.807) is 12.1 Å². The molecule has 2 aromatic rings. The van der Waals surface area contributed by atoms with Crippen molar-refractivity contribution in [2.45, 2.75) is 35.6 Å². The van der Waals surface area contributed by atoms with Gasteiger partial charge in [0.15, 0.2) is 0 Å². The number of nitrogens with zero attached hydrogens (tertiary/aromatic N) is 1. The molecule has 0 aliphatic carbocycles. The zero-order valence-corrected chi connectivity index (χ0v) is 17.3. The molecule has 31 heavy (non-hydrogen) atoms. The number of benzene rings is 2. The van der Waals surface area contributed by atoms with Crippen molar-refractivity contribution in [2.24, 2.45) is 0 Å².